The second-order valence-electron chi connectivity index (χ2n) is 14.4. The Morgan fingerprint density at radius 1 is 0.509 bits per heavy atom. The van der Waals surface area contributed by atoms with E-state index in [1.165, 1.54) is 37.7 Å². The molecule has 4 nitrogen and oxygen atoms in total. The fourth-order valence-corrected chi connectivity index (χ4v) is 9.09. The van der Waals surface area contributed by atoms with E-state index >= 15 is 0 Å². The van der Waals surface area contributed by atoms with Crippen LogP contribution in [0.25, 0.3) is 94.8 Å². The van der Waals surface area contributed by atoms with Crippen LogP contribution in [-0.4, -0.2) is 15.0 Å². The molecule has 1 aliphatic rings. The highest BCUT2D eigenvalue weighted by Crippen LogP contribution is 2.45. The summed E-state index contributed by atoms with van der Waals surface area (Å²) in [6.45, 7) is 4.38. The molecule has 1 aliphatic heterocycles. The lowest BCUT2D eigenvalue weighted by molar-refractivity contribution is 0.670. The van der Waals surface area contributed by atoms with E-state index in [0.29, 0.717) is 17.5 Å². The van der Waals surface area contributed by atoms with E-state index in [9.17, 15) is 0 Å². The molecule has 0 saturated heterocycles. The van der Waals surface area contributed by atoms with E-state index in [4.69, 9.17) is 19.4 Å². The summed E-state index contributed by atoms with van der Waals surface area (Å²) in [5, 5.41) is 6.76. The van der Waals surface area contributed by atoms with Gasteiger partial charge in [-0.2, -0.15) is 0 Å². The number of fused-ring (bicyclic) bond motifs is 8. The van der Waals surface area contributed by atoms with Crippen LogP contribution in [-0.2, 0) is 6.42 Å². The molecular formula is C52H33N3OS. The van der Waals surface area contributed by atoms with Gasteiger partial charge in [-0.15, -0.1) is 0 Å². The third kappa shape index (κ3) is 5.83. The highest BCUT2D eigenvalue weighted by atomic mass is 32.2. The summed E-state index contributed by atoms with van der Waals surface area (Å²) in [5.74, 6) is 1.82. The van der Waals surface area contributed by atoms with Crippen molar-refractivity contribution in [3.63, 3.8) is 0 Å². The Bertz CT molecular complexity index is 3270. The molecule has 0 aliphatic carbocycles. The van der Waals surface area contributed by atoms with Gasteiger partial charge in [0.1, 0.15) is 11.2 Å². The highest BCUT2D eigenvalue weighted by molar-refractivity contribution is 8.03. The number of allylic oxidation sites excluding steroid dienone is 1. The van der Waals surface area contributed by atoms with Gasteiger partial charge in [0.05, 0.1) is 0 Å². The number of furan rings is 1. The van der Waals surface area contributed by atoms with Crippen LogP contribution >= 0.6 is 11.8 Å². The summed E-state index contributed by atoms with van der Waals surface area (Å²) in [4.78, 5) is 17.7. The molecule has 0 atom stereocenters. The van der Waals surface area contributed by atoms with E-state index in [-0.39, 0.29) is 0 Å². The first-order valence-corrected chi connectivity index (χ1v) is 19.9. The Morgan fingerprint density at radius 3 is 2.14 bits per heavy atom. The standard InChI is InChI=1S/C52H33N3OS/c1-32-22-23-33-12-5-6-16-36(33)31-45-41(19-11-21-47(45)57-32)42-28-29-44(48-43-18-9-10-20-46(43)56-49(42)48)52-54-50(35-14-3-2-4-15-35)53-51(55-52)38-26-27-40-37(30-38)25-24-34-13-7-8-17-39(34)40/h2-30H,1,31H2/b23-22-. The van der Waals surface area contributed by atoms with Crippen molar-refractivity contribution in [3.8, 4) is 45.3 Å². The Balaban J connectivity index is 1.13. The molecule has 0 fully saturated rings. The van der Waals surface area contributed by atoms with E-state index in [2.05, 4.69) is 140 Å². The fourth-order valence-electron chi connectivity index (χ4n) is 8.22. The van der Waals surface area contributed by atoms with Crippen molar-refractivity contribution in [2.24, 2.45) is 0 Å². The number of aromatic nitrogens is 3. The molecule has 0 N–H and O–H groups in total. The van der Waals surface area contributed by atoms with Crippen molar-refractivity contribution in [1.82, 2.24) is 15.0 Å². The number of hydrogen-bond donors (Lipinski definition) is 0. The molecule has 0 unspecified atom stereocenters. The predicted molar refractivity (Wildman–Crippen MR) is 237 cm³/mol. The van der Waals surface area contributed by atoms with E-state index < -0.39 is 0 Å². The highest BCUT2D eigenvalue weighted by Gasteiger charge is 2.23. The Labute approximate surface area is 333 Å². The van der Waals surface area contributed by atoms with Gasteiger partial charge in [-0.3, -0.25) is 0 Å². The minimum atomic E-state index is 0.590. The first-order chi connectivity index (χ1) is 28.1. The van der Waals surface area contributed by atoms with Crippen LogP contribution in [0.3, 0.4) is 0 Å². The average molecular weight is 748 g/mol. The largest absolute Gasteiger partial charge is 0.455 e. The van der Waals surface area contributed by atoms with Crippen LogP contribution < -0.4 is 0 Å². The molecule has 3 heterocycles. The minimum absolute atomic E-state index is 0.590. The smallest absolute Gasteiger partial charge is 0.164 e. The zero-order chi connectivity index (χ0) is 37.9. The van der Waals surface area contributed by atoms with Crippen LogP contribution in [0.5, 0.6) is 0 Å². The Kier molecular flexibility index (Phi) is 7.93. The molecular weight excluding hydrogens is 715 g/mol. The molecule has 2 aromatic heterocycles. The number of para-hydroxylation sites is 1. The average Bonchev–Trinajstić information content (AvgIpc) is 3.68. The van der Waals surface area contributed by atoms with Gasteiger partial charge in [0.2, 0.25) is 0 Å². The summed E-state index contributed by atoms with van der Waals surface area (Å²) >= 11 is 1.71. The molecule has 57 heavy (non-hydrogen) atoms. The number of nitrogens with zero attached hydrogens (tertiary/aromatic N) is 3. The van der Waals surface area contributed by atoms with Crippen LogP contribution in [0, 0.1) is 0 Å². The molecule has 11 rings (SSSR count). The number of hydrogen-bond acceptors (Lipinski definition) is 5. The van der Waals surface area contributed by atoms with Crippen LogP contribution in [0.2, 0.25) is 0 Å². The van der Waals surface area contributed by atoms with E-state index in [1.807, 2.05) is 42.5 Å². The lowest BCUT2D eigenvalue weighted by Gasteiger charge is -2.16. The lowest BCUT2D eigenvalue weighted by Crippen LogP contribution is -2.01. The van der Waals surface area contributed by atoms with Crippen molar-refractivity contribution in [1.29, 1.82) is 0 Å². The van der Waals surface area contributed by atoms with Crippen molar-refractivity contribution in [2.45, 2.75) is 11.3 Å². The summed E-state index contributed by atoms with van der Waals surface area (Å²) in [5.41, 5.74) is 10.2. The Hall–Kier alpha value is -7.08. The summed E-state index contributed by atoms with van der Waals surface area (Å²) < 4.78 is 6.87. The third-order valence-electron chi connectivity index (χ3n) is 11.0. The zero-order valence-corrected chi connectivity index (χ0v) is 31.6. The van der Waals surface area contributed by atoms with E-state index in [0.717, 1.165) is 66.5 Å². The quantitative estimate of drug-likeness (QED) is 0.168. The minimum Gasteiger partial charge on any atom is -0.455 e. The third-order valence-corrected chi connectivity index (χ3v) is 12.0. The van der Waals surface area contributed by atoms with Gasteiger partial charge in [0.25, 0.3) is 0 Å². The molecule has 0 spiro atoms. The molecule has 0 saturated carbocycles. The van der Waals surface area contributed by atoms with E-state index in [1.54, 1.807) is 11.8 Å². The zero-order valence-electron chi connectivity index (χ0n) is 30.8. The molecule has 5 heteroatoms. The normalized spacial score (nSPS) is 13.3. The number of rotatable bonds is 4. The van der Waals surface area contributed by atoms with Crippen LogP contribution in [0.4, 0.5) is 0 Å². The molecule has 10 aromatic rings. The maximum atomic E-state index is 6.87. The summed E-state index contributed by atoms with van der Waals surface area (Å²) in [6.07, 6.45) is 5.06. The number of benzene rings is 8. The number of thioether (sulfide) groups is 1. The van der Waals surface area contributed by atoms with Gasteiger partial charge >= 0.3 is 0 Å². The molecule has 8 aromatic carbocycles. The molecule has 0 bridgehead atoms. The van der Waals surface area contributed by atoms with Crippen molar-refractivity contribution in [2.75, 3.05) is 0 Å². The monoisotopic (exact) mass is 747 g/mol. The van der Waals surface area contributed by atoms with Gasteiger partial charge in [0, 0.05) is 42.8 Å². The SMILES string of the molecule is C=C1/C=C\c2ccccc2Cc2c(cccc2-c2ccc(-c3nc(-c4ccccc4)nc(-c4ccc5c(ccc6ccccc65)c4)n3)c3c2oc2ccccc23)S1. The maximum Gasteiger partial charge on any atom is 0.164 e. The van der Waals surface area contributed by atoms with Crippen LogP contribution in [0.1, 0.15) is 16.7 Å². The fraction of sp³-hybridized carbons (Fsp3) is 0.0192. The Morgan fingerprint density at radius 2 is 1.23 bits per heavy atom. The van der Waals surface area contributed by atoms with Gasteiger partial charge in [0.15, 0.2) is 17.5 Å². The first-order valence-electron chi connectivity index (χ1n) is 19.1. The summed E-state index contributed by atoms with van der Waals surface area (Å²) in [7, 11) is 0. The molecule has 0 radical (unpaired) electrons. The molecule has 0 amide bonds. The lowest BCUT2D eigenvalue weighted by atomic mass is 9.91. The topological polar surface area (TPSA) is 51.8 Å². The predicted octanol–water partition coefficient (Wildman–Crippen LogP) is 14.0. The van der Waals surface area contributed by atoms with Gasteiger partial charge in [-0.05, 0) is 86.6 Å². The van der Waals surface area contributed by atoms with Gasteiger partial charge < -0.3 is 4.42 Å². The summed E-state index contributed by atoms with van der Waals surface area (Å²) in [6, 6.07) is 57.3. The molecule has 268 valence electrons. The van der Waals surface area contributed by atoms with Crippen molar-refractivity contribution in [3.05, 3.63) is 198 Å². The first kappa shape index (κ1) is 33.3. The van der Waals surface area contributed by atoms with Gasteiger partial charge in [-0.1, -0.05) is 158 Å². The van der Waals surface area contributed by atoms with Crippen molar-refractivity contribution >= 4 is 61.3 Å². The van der Waals surface area contributed by atoms with Crippen LogP contribution in [0.15, 0.2) is 191 Å². The maximum absolute atomic E-state index is 6.87. The second kappa shape index (κ2) is 13.6. The second-order valence-corrected chi connectivity index (χ2v) is 15.6. The van der Waals surface area contributed by atoms with Gasteiger partial charge in [-0.25, -0.2) is 15.0 Å². The van der Waals surface area contributed by atoms with Crippen molar-refractivity contribution < 1.29 is 4.42 Å².